The third kappa shape index (κ3) is 6.99. The molecule has 0 spiro atoms. The van der Waals surface area contributed by atoms with Gasteiger partial charge in [0.1, 0.15) is 11.5 Å². The molecule has 1 aromatic carbocycles. The van der Waals surface area contributed by atoms with E-state index in [4.69, 9.17) is 14.1 Å². The van der Waals surface area contributed by atoms with Crippen LogP contribution in [0.5, 0.6) is 5.75 Å². The van der Waals surface area contributed by atoms with Crippen LogP contribution in [-0.4, -0.2) is 35.4 Å². The fourth-order valence-electron chi connectivity index (χ4n) is 3.01. The Kier molecular flexibility index (Phi) is 7.94. The van der Waals surface area contributed by atoms with Crippen LogP contribution in [0.25, 0.3) is 0 Å². The summed E-state index contributed by atoms with van der Waals surface area (Å²) in [5.41, 5.74) is 3.32. The van der Waals surface area contributed by atoms with Crippen LogP contribution in [0, 0.1) is 6.92 Å². The van der Waals surface area contributed by atoms with Crippen molar-refractivity contribution in [3.63, 3.8) is 0 Å². The molecule has 0 aliphatic carbocycles. The van der Waals surface area contributed by atoms with Crippen LogP contribution in [0.15, 0.2) is 58.3 Å². The molecule has 0 aliphatic rings. The first-order valence-electron chi connectivity index (χ1n) is 10.4. The van der Waals surface area contributed by atoms with Crippen LogP contribution >= 0.6 is 0 Å². The van der Waals surface area contributed by atoms with Crippen LogP contribution in [0.1, 0.15) is 37.3 Å². The van der Waals surface area contributed by atoms with Crippen LogP contribution in [0.2, 0.25) is 0 Å². The Labute approximate surface area is 177 Å². The smallest absolute Gasteiger partial charge is 0.195 e. The van der Waals surface area contributed by atoms with E-state index in [1.165, 1.54) is 5.56 Å². The van der Waals surface area contributed by atoms with Crippen molar-refractivity contribution in [1.82, 2.24) is 15.5 Å². The summed E-state index contributed by atoms with van der Waals surface area (Å²) >= 11 is 0. The van der Waals surface area contributed by atoms with Gasteiger partial charge in [0, 0.05) is 30.9 Å². The Morgan fingerprint density at radius 3 is 2.70 bits per heavy atom. The number of benzene rings is 1. The van der Waals surface area contributed by atoms with Crippen molar-refractivity contribution >= 4 is 11.6 Å². The Bertz CT molecular complexity index is 898. The second-order valence-corrected chi connectivity index (χ2v) is 7.43. The highest BCUT2D eigenvalue weighted by Crippen LogP contribution is 2.17. The monoisotopic (exact) mass is 409 g/mol. The van der Waals surface area contributed by atoms with Crippen LogP contribution in [0.4, 0.5) is 5.69 Å². The zero-order chi connectivity index (χ0) is 21.2. The van der Waals surface area contributed by atoms with Crippen molar-refractivity contribution in [2.45, 2.75) is 46.1 Å². The number of hydrogen-bond acceptors (Lipinski definition) is 4. The number of ether oxygens (including phenoxy) is 1. The van der Waals surface area contributed by atoms with Gasteiger partial charge in [0.05, 0.1) is 18.6 Å². The number of anilines is 1. The molecule has 0 atom stereocenters. The molecule has 0 bridgehead atoms. The summed E-state index contributed by atoms with van der Waals surface area (Å²) in [5.74, 6) is 2.56. The predicted molar refractivity (Wildman–Crippen MR) is 120 cm³/mol. The first-order valence-corrected chi connectivity index (χ1v) is 10.4. The number of nitrogens with one attached hydrogen (secondary N) is 3. The van der Waals surface area contributed by atoms with Gasteiger partial charge in [-0.25, -0.2) is 0 Å². The molecule has 2 aromatic heterocycles. The number of guanidine groups is 1. The minimum atomic E-state index is 0.156. The zero-order valence-electron chi connectivity index (χ0n) is 17.9. The topological polar surface area (TPSA) is 87.5 Å². The van der Waals surface area contributed by atoms with E-state index in [9.17, 15) is 0 Å². The number of hydrogen-bond donors (Lipinski definition) is 3. The standard InChI is InChI=1S/C23H31N5O2/c1-17(2)30-22-10-8-20(9-11-22)27-23(25-14-12-21-7-5-15-29-21)24-13-4-6-19-16-26-28-18(19)3/h5,7-11,15-17H,4,6,12-14H2,1-3H3,(H,26,28)(H2,24,25,27). The second-order valence-electron chi connectivity index (χ2n) is 7.43. The summed E-state index contributed by atoms with van der Waals surface area (Å²) in [4.78, 5) is 4.74. The quantitative estimate of drug-likeness (QED) is 0.263. The average Bonchev–Trinajstić information content (AvgIpc) is 3.38. The number of H-pyrrole nitrogens is 1. The van der Waals surface area contributed by atoms with Crippen molar-refractivity contribution in [2.75, 3.05) is 18.4 Å². The zero-order valence-corrected chi connectivity index (χ0v) is 17.9. The maximum Gasteiger partial charge on any atom is 0.195 e. The van der Waals surface area contributed by atoms with Crippen molar-refractivity contribution in [3.05, 3.63) is 65.9 Å². The van der Waals surface area contributed by atoms with E-state index in [2.05, 4.69) is 20.8 Å². The summed E-state index contributed by atoms with van der Waals surface area (Å²) in [6, 6.07) is 11.8. The molecule has 7 nitrogen and oxygen atoms in total. The number of aromatic amines is 1. The molecule has 0 saturated heterocycles. The maximum atomic E-state index is 5.71. The van der Waals surface area contributed by atoms with E-state index >= 15 is 0 Å². The Morgan fingerprint density at radius 2 is 2.03 bits per heavy atom. The third-order valence-electron chi connectivity index (χ3n) is 4.54. The Hall–Kier alpha value is -3.22. The number of rotatable bonds is 10. The van der Waals surface area contributed by atoms with E-state index < -0.39 is 0 Å². The molecule has 30 heavy (non-hydrogen) atoms. The Morgan fingerprint density at radius 1 is 1.20 bits per heavy atom. The lowest BCUT2D eigenvalue weighted by Gasteiger charge is -2.14. The van der Waals surface area contributed by atoms with Crippen LogP contribution in [-0.2, 0) is 12.8 Å². The van der Waals surface area contributed by atoms with Crippen LogP contribution in [0.3, 0.4) is 0 Å². The molecule has 3 N–H and O–H groups in total. The largest absolute Gasteiger partial charge is 0.491 e. The van der Waals surface area contributed by atoms with Crippen molar-refractivity contribution in [2.24, 2.45) is 4.99 Å². The van der Waals surface area contributed by atoms with E-state index in [0.29, 0.717) is 0 Å². The maximum absolute atomic E-state index is 5.71. The summed E-state index contributed by atoms with van der Waals surface area (Å²) in [6.45, 7) is 7.53. The highest BCUT2D eigenvalue weighted by Gasteiger charge is 2.04. The molecular formula is C23H31N5O2. The molecule has 0 aliphatic heterocycles. The van der Waals surface area contributed by atoms with Crippen molar-refractivity contribution < 1.29 is 9.15 Å². The molecule has 7 heteroatoms. The third-order valence-corrected chi connectivity index (χ3v) is 4.54. The number of aromatic nitrogens is 2. The molecule has 2 heterocycles. The lowest BCUT2D eigenvalue weighted by molar-refractivity contribution is 0.242. The Balaban J connectivity index is 1.56. The minimum absolute atomic E-state index is 0.156. The minimum Gasteiger partial charge on any atom is -0.491 e. The molecule has 160 valence electrons. The number of furan rings is 1. The van der Waals surface area contributed by atoms with Gasteiger partial charge in [0.2, 0.25) is 0 Å². The number of nitrogens with zero attached hydrogens (tertiary/aromatic N) is 2. The van der Waals surface area contributed by atoms with Gasteiger partial charge in [-0.05, 0) is 75.6 Å². The fourth-order valence-corrected chi connectivity index (χ4v) is 3.01. The van der Waals surface area contributed by atoms with Gasteiger partial charge in [0.15, 0.2) is 5.96 Å². The van der Waals surface area contributed by atoms with Crippen LogP contribution < -0.4 is 15.4 Å². The molecular weight excluding hydrogens is 378 g/mol. The molecule has 3 rings (SSSR count). The summed E-state index contributed by atoms with van der Waals surface area (Å²) in [7, 11) is 0. The number of aryl methyl sites for hydroxylation is 2. The van der Waals surface area contributed by atoms with Gasteiger partial charge in [-0.1, -0.05) is 0 Å². The molecule has 0 saturated carbocycles. The normalized spacial score (nSPS) is 11.7. The first-order chi connectivity index (χ1) is 14.6. The van der Waals surface area contributed by atoms with Crippen molar-refractivity contribution in [1.29, 1.82) is 0 Å². The van der Waals surface area contributed by atoms with E-state index in [0.717, 1.165) is 61.2 Å². The van der Waals surface area contributed by atoms with E-state index in [1.54, 1.807) is 6.26 Å². The highest BCUT2D eigenvalue weighted by atomic mass is 16.5. The predicted octanol–water partition coefficient (Wildman–Crippen LogP) is 4.33. The van der Waals surface area contributed by atoms with Gasteiger partial charge in [-0.3, -0.25) is 10.1 Å². The molecule has 0 unspecified atom stereocenters. The lowest BCUT2D eigenvalue weighted by atomic mass is 10.1. The first kappa shape index (κ1) is 21.5. The van der Waals surface area contributed by atoms with Gasteiger partial charge >= 0.3 is 0 Å². The van der Waals surface area contributed by atoms with Gasteiger partial charge in [-0.2, -0.15) is 5.10 Å². The van der Waals surface area contributed by atoms with E-state index in [1.807, 2.05) is 63.4 Å². The van der Waals surface area contributed by atoms with Gasteiger partial charge in [-0.15, -0.1) is 0 Å². The summed E-state index contributed by atoms with van der Waals surface area (Å²) in [5, 5.41) is 13.8. The average molecular weight is 410 g/mol. The van der Waals surface area contributed by atoms with Gasteiger partial charge in [0.25, 0.3) is 0 Å². The number of aliphatic imine (C=N–C) groups is 1. The fraction of sp³-hybridized carbons (Fsp3) is 0.391. The second kappa shape index (κ2) is 11.1. The summed E-state index contributed by atoms with van der Waals surface area (Å²) < 4.78 is 11.1. The molecule has 0 amide bonds. The summed E-state index contributed by atoms with van der Waals surface area (Å²) in [6.07, 6.45) is 6.44. The van der Waals surface area contributed by atoms with Gasteiger partial charge < -0.3 is 19.8 Å². The van der Waals surface area contributed by atoms with E-state index in [-0.39, 0.29) is 6.10 Å². The SMILES string of the molecule is Cc1[nH]ncc1CCCN=C(NCCc1ccco1)Nc1ccc(OC(C)C)cc1. The van der Waals surface area contributed by atoms with Crippen molar-refractivity contribution in [3.8, 4) is 5.75 Å². The molecule has 0 fully saturated rings. The lowest BCUT2D eigenvalue weighted by Crippen LogP contribution is -2.32. The molecule has 3 aromatic rings. The molecule has 0 radical (unpaired) electrons. The highest BCUT2D eigenvalue weighted by molar-refractivity contribution is 5.93.